The van der Waals surface area contributed by atoms with Gasteiger partial charge in [-0.2, -0.15) is 0 Å². The van der Waals surface area contributed by atoms with Crippen molar-refractivity contribution in [3.05, 3.63) is 10.6 Å². The second-order valence-electron chi connectivity index (χ2n) is 5.26. The lowest BCUT2D eigenvalue weighted by Crippen LogP contribution is -2.46. The Balaban J connectivity index is 2.06. The predicted octanol–water partition coefficient (Wildman–Crippen LogP) is 0.734. The smallest absolute Gasteiger partial charge is 0.315 e. The Morgan fingerprint density at radius 2 is 2.09 bits per heavy atom. The summed E-state index contributed by atoms with van der Waals surface area (Å²) in [6.45, 7) is 5.73. The summed E-state index contributed by atoms with van der Waals surface area (Å²) in [7, 11) is -3.11. The Bertz CT molecular complexity index is 677. The van der Waals surface area contributed by atoms with Gasteiger partial charge in [0.2, 0.25) is 0 Å². The fraction of sp³-hybridized carbons (Fsp3) is 0.615. The molecule has 1 atom stereocenters. The van der Waals surface area contributed by atoms with Crippen molar-refractivity contribution in [2.45, 2.75) is 33.2 Å². The molecule has 0 spiro atoms. The summed E-state index contributed by atoms with van der Waals surface area (Å²) in [5, 5.41) is 2.87. The van der Waals surface area contributed by atoms with Crippen molar-refractivity contribution in [1.82, 2.24) is 9.88 Å². The first-order chi connectivity index (χ1) is 10.2. The summed E-state index contributed by atoms with van der Waals surface area (Å²) < 4.78 is 23.1. The lowest BCUT2D eigenvalue weighted by molar-refractivity contribution is -0.144. The largest absolute Gasteiger partial charge is 0.331 e. The Morgan fingerprint density at radius 1 is 1.41 bits per heavy atom. The molecule has 7 nitrogen and oxygen atoms in total. The van der Waals surface area contributed by atoms with E-state index in [-0.39, 0.29) is 11.5 Å². The Hall–Kier alpha value is -1.48. The topological polar surface area (TPSA) is 96.4 Å². The molecule has 1 aliphatic heterocycles. The number of likely N-dealkylation sites (N-methyl/N-ethyl adjacent to an activating group) is 1. The maximum Gasteiger partial charge on any atom is 0.315 e. The maximum absolute atomic E-state index is 12.3. The number of sulfone groups is 1. The van der Waals surface area contributed by atoms with E-state index in [1.807, 2.05) is 13.8 Å². The van der Waals surface area contributed by atoms with Crippen LogP contribution in [0, 0.1) is 13.8 Å². The van der Waals surface area contributed by atoms with Gasteiger partial charge in [-0.3, -0.25) is 14.9 Å². The molecule has 0 radical (unpaired) electrons. The third-order valence-corrected chi connectivity index (χ3v) is 6.43. The number of rotatable bonds is 3. The monoisotopic (exact) mass is 345 g/mol. The SMILES string of the molecule is CCN(C(=O)C(=O)Nc1nc(C)c(C)s1)C1CCS(=O)(=O)C1. The highest BCUT2D eigenvalue weighted by molar-refractivity contribution is 7.91. The van der Waals surface area contributed by atoms with E-state index < -0.39 is 27.7 Å². The highest BCUT2D eigenvalue weighted by Gasteiger charge is 2.36. The highest BCUT2D eigenvalue weighted by Crippen LogP contribution is 2.22. The molecule has 122 valence electrons. The summed E-state index contributed by atoms with van der Waals surface area (Å²) in [5.74, 6) is -1.50. The van der Waals surface area contributed by atoms with Crippen LogP contribution in [0.25, 0.3) is 0 Å². The molecule has 0 aromatic carbocycles. The molecule has 0 aliphatic carbocycles. The van der Waals surface area contributed by atoms with Gasteiger partial charge in [0.05, 0.1) is 17.2 Å². The normalized spacial score (nSPS) is 19.9. The number of carbonyl (C=O) groups excluding carboxylic acids is 2. The van der Waals surface area contributed by atoms with E-state index in [4.69, 9.17) is 0 Å². The van der Waals surface area contributed by atoms with Gasteiger partial charge < -0.3 is 4.90 Å². The molecule has 1 aliphatic rings. The number of hydrogen-bond donors (Lipinski definition) is 1. The van der Waals surface area contributed by atoms with Gasteiger partial charge in [0, 0.05) is 17.5 Å². The number of aryl methyl sites for hydroxylation is 2. The number of nitrogens with zero attached hydrogens (tertiary/aromatic N) is 2. The maximum atomic E-state index is 12.3. The zero-order valence-electron chi connectivity index (χ0n) is 12.7. The quantitative estimate of drug-likeness (QED) is 0.815. The number of aromatic nitrogens is 1. The molecule has 1 aromatic rings. The fourth-order valence-electron chi connectivity index (χ4n) is 2.40. The van der Waals surface area contributed by atoms with Gasteiger partial charge in [-0.15, -0.1) is 11.3 Å². The van der Waals surface area contributed by atoms with Crippen molar-refractivity contribution in [2.75, 3.05) is 23.4 Å². The summed E-state index contributed by atoms with van der Waals surface area (Å²) in [4.78, 5) is 30.8. The highest BCUT2D eigenvalue weighted by atomic mass is 32.2. The number of thiazole rings is 1. The average Bonchev–Trinajstić information content (AvgIpc) is 2.93. The van der Waals surface area contributed by atoms with Gasteiger partial charge in [0.25, 0.3) is 0 Å². The van der Waals surface area contributed by atoms with Crippen molar-refractivity contribution < 1.29 is 18.0 Å². The van der Waals surface area contributed by atoms with Crippen molar-refractivity contribution >= 4 is 38.1 Å². The molecule has 2 rings (SSSR count). The van der Waals surface area contributed by atoms with Gasteiger partial charge in [-0.1, -0.05) is 0 Å². The molecule has 1 unspecified atom stereocenters. The number of amides is 2. The molecule has 0 saturated carbocycles. The van der Waals surface area contributed by atoms with E-state index in [0.29, 0.717) is 18.1 Å². The third-order valence-electron chi connectivity index (χ3n) is 3.69. The van der Waals surface area contributed by atoms with Crippen LogP contribution < -0.4 is 5.32 Å². The zero-order valence-corrected chi connectivity index (χ0v) is 14.4. The Kier molecular flexibility index (Phi) is 4.86. The van der Waals surface area contributed by atoms with Crippen LogP contribution in [0.15, 0.2) is 0 Å². The average molecular weight is 345 g/mol. The number of hydrogen-bond acceptors (Lipinski definition) is 6. The molecule has 0 bridgehead atoms. The van der Waals surface area contributed by atoms with E-state index in [2.05, 4.69) is 10.3 Å². The molecular formula is C13H19N3O4S2. The van der Waals surface area contributed by atoms with Gasteiger partial charge in [-0.05, 0) is 27.2 Å². The summed E-state index contributed by atoms with van der Waals surface area (Å²) in [6, 6.07) is -0.423. The van der Waals surface area contributed by atoms with Crippen LogP contribution in [-0.4, -0.2) is 54.2 Å². The van der Waals surface area contributed by atoms with Gasteiger partial charge in [0.1, 0.15) is 0 Å². The van der Waals surface area contributed by atoms with Crippen molar-refractivity contribution in [1.29, 1.82) is 0 Å². The second kappa shape index (κ2) is 6.33. The van der Waals surface area contributed by atoms with E-state index >= 15 is 0 Å². The van der Waals surface area contributed by atoms with Crippen LogP contribution in [0.1, 0.15) is 23.9 Å². The number of anilines is 1. The van der Waals surface area contributed by atoms with Gasteiger partial charge in [0.15, 0.2) is 15.0 Å². The molecule has 1 saturated heterocycles. The third kappa shape index (κ3) is 3.64. The van der Waals surface area contributed by atoms with Crippen LogP contribution in [0.4, 0.5) is 5.13 Å². The first kappa shape index (κ1) is 16.9. The van der Waals surface area contributed by atoms with E-state index in [9.17, 15) is 18.0 Å². The molecule has 22 heavy (non-hydrogen) atoms. The molecular weight excluding hydrogens is 326 g/mol. The predicted molar refractivity (Wildman–Crippen MR) is 84.7 cm³/mol. The second-order valence-corrected chi connectivity index (χ2v) is 8.69. The minimum absolute atomic E-state index is 0.0634. The molecule has 1 fully saturated rings. The van der Waals surface area contributed by atoms with Crippen LogP contribution in [0.5, 0.6) is 0 Å². The number of carbonyl (C=O) groups is 2. The van der Waals surface area contributed by atoms with E-state index in [0.717, 1.165) is 10.6 Å². The standard InChI is InChI=1S/C13H19N3O4S2/c1-4-16(10-5-6-22(19,20)7-10)12(18)11(17)15-13-14-8(2)9(3)21-13/h10H,4-7H2,1-3H3,(H,14,15,17). The summed E-state index contributed by atoms with van der Waals surface area (Å²) >= 11 is 1.30. The van der Waals surface area contributed by atoms with Crippen LogP contribution in [-0.2, 0) is 19.4 Å². The minimum atomic E-state index is -3.11. The van der Waals surface area contributed by atoms with Gasteiger partial charge in [-0.25, -0.2) is 13.4 Å². The molecule has 2 amide bonds. The van der Waals surface area contributed by atoms with Crippen LogP contribution in [0.2, 0.25) is 0 Å². The molecule has 9 heteroatoms. The zero-order chi connectivity index (χ0) is 16.5. The van der Waals surface area contributed by atoms with Crippen molar-refractivity contribution in [3.63, 3.8) is 0 Å². The lowest BCUT2D eigenvalue weighted by Gasteiger charge is -2.25. The lowest BCUT2D eigenvalue weighted by atomic mass is 10.2. The molecule has 1 aromatic heterocycles. The van der Waals surface area contributed by atoms with Crippen LogP contribution in [0.3, 0.4) is 0 Å². The fourth-order valence-corrected chi connectivity index (χ4v) is 4.94. The summed E-state index contributed by atoms with van der Waals surface area (Å²) in [5.41, 5.74) is 0.807. The Morgan fingerprint density at radius 3 is 2.55 bits per heavy atom. The van der Waals surface area contributed by atoms with E-state index in [1.54, 1.807) is 6.92 Å². The van der Waals surface area contributed by atoms with Crippen molar-refractivity contribution in [3.8, 4) is 0 Å². The first-order valence-electron chi connectivity index (χ1n) is 7.00. The Labute approximate surface area is 133 Å². The molecule has 2 heterocycles. The number of nitrogens with one attached hydrogen (secondary N) is 1. The van der Waals surface area contributed by atoms with E-state index in [1.165, 1.54) is 16.2 Å². The minimum Gasteiger partial charge on any atom is -0.331 e. The van der Waals surface area contributed by atoms with Crippen molar-refractivity contribution in [2.24, 2.45) is 0 Å². The molecule has 1 N–H and O–H groups in total. The summed E-state index contributed by atoms with van der Waals surface area (Å²) in [6.07, 6.45) is 0.380. The first-order valence-corrected chi connectivity index (χ1v) is 9.63. The van der Waals surface area contributed by atoms with Crippen LogP contribution >= 0.6 is 11.3 Å². The van der Waals surface area contributed by atoms with Gasteiger partial charge >= 0.3 is 11.8 Å².